The first-order valence-corrected chi connectivity index (χ1v) is 7.47. The lowest BCUT2D eigenvalue weighted by Gasteiger charge is -2.26. The topological polar surface area (TPSA) is 47.6 Å². The van der Waals surface area contributed by atoms with Gasteiger partial charge >= 0.3 is 5.97 Å². The van der Waals surface area contributed by atoms with Crippen LogP contribution in [-0.4, -0.2) is 37.9 Å². The van der Waals surface area contributed by atoms with Gasteiger partial charge in [-0.15, -0.1) is 0 Å². The van der Waals surface area contributed by atoms with E-state index in [9.17, 15) is 4.79 Å². The van der Waals surface area contributed by atoms with Crippen molar-refractivity contribution in [3.8, 4) is 0 Å². The first-order valence-electron chi connectivity index (χ1n) is 7.47. The van der Waals surface area contributed by atoms with E-state index in [0.717, 1.165) is 38.7 Å². The van der Waals surface area contributed by atoms with E-state index in [4.69, 9.17) is 9.47 Å². The number of ether oxygens (including phenoxy) is 2. The number of esters is 1. The lowest BCUT2D eigenvalue weighted by molar-refractivity contribution is -0.150. The van der Waals surface area contributed by atoms with Crippen molar-refractivity contribution in [3.63, 3.8) is 0 Å². The van der Waals surface area contributed by atoms with Gasteiger partial charge in [0.15, 0.2) is 0 Å². The highest BCUT2D eigenvalue weighted by atomic mass is 16.5. The Morgan fingerprint density at radius 1 is 1.32 bits per heavy atom. The molecular formula is C15H31NO3. The number of nitrogens with one attached hydrogen (secondary N) is 1. The number of likely N-dealkylation sites (N-methyl/N-ethyl adjacent to an activating group) is 1. The first-order chi connectivity index (χ1) is 9.00. The van der Waals surface area contributed by atoms with E-state index in [-0.39, 0.29) is 5.97 Å². The number of carbonyl (C=O) groups excluding carboxylic acids is 1. The monoisotopic (exact) mass is 273 g/mol. The molecule has 0 aromatic carbocycles. The molecule has 4 heteroatoms. The average Bonchev–Trinajstić information content (AvgIpc) is 2.38. The fourth-order valence-corrected chi connectivity index (χ4v) is 1.97. The molecule has 1 N–H and O–H groups in total. The minimum absolute atomic E-state index is 0.169. The van der Waals surface area contributed by atoms with Gasteiger partial charge in [-0.05, 0) is 53.5 Å². The van der Waals surface area contributed by atoms with Crippen LogP contribution in [0.15, 0.2) is 0 Å². The molecule has 2 unspecified atom stereocenters. The summed E-state index contributed by atoms with van der Waals surface area (Å²) in [6.45, 7) is 9.19. The number of carbonyl (C=O) groups is 1. The average molecular weight is 273 g/mol. The molecule has 0 heterocycles. The Hall–Kier alpha value is -0.610. The maximum Gasteiger partial charge on any atom is 0.326 e. The van der Waals surface area contributed by atoms with E-state index in [1.165, 1.54) is 0 Å². The van der Waals surface area contributed by atoms with Crippen molar-refractivity contribution < 1.29 is 14.3 Å². The minimum Gasteiger partial charge on any atom is -0.465 e. The van der Waals surface area contributed by atoms with Gasteiger partial charge < -0.3 is 14.8 Å². The van der Waals surface area contributed by atoms with Crippen LogP contribution in [0.1, 0.15) is 59.8 Å². The SMILES string of the molecule is CCCC(C)OCCCCC(C)(NC)C(=O)OCC. The fraction of sp³-hybridized carbons (Fsp3) is 0.933. The zero-order chi connectivity index (χ0) is 14.7. The third kappa shape index (κ3) is 7.53. The molecule has 0 rings (SSSR count). The lowest BCUT2D eigenvalue weighted by atomic mass is 9.95. The molecule has 0 spiro atoms. The van der Waals surface area contributed by atoms with E-state index in [2.05, 4.69) is 19.2 Å². The van der Waals surface area contributed by atoms with Gasteiger partial charge in [0.25, 0.3) is 0 Å². The molecule has 4 nitrogen and oxygen atoms in total. The third-order valence-corrected chi connectivity index (χ3v) is 3.45. The van der Waals surface area contributed by atoms with E-state index in [1.807, 2.05) is 13.8 Å². The van der Waals surface area contributed by atoms with Crippen molar-refractivity contribution in [1.82, 2.24) is 5.32 Å². The van der Waals surface area contributed by atoms with Crippen LogP contribution in [0.5, 0.6) is 0 Å². The van der Waals surface area contributed by atoms with Crippen LogP contribution in [0.3, 0.4) is 0 Å². The number of hydrogen-bond donors (Lipinski definition) is 1. The summed E-state index contributed by atoms with van der Waals surface area (Å²) in [5.74, 6) is -0.169. The van der Waals surface area contributed by atoms with Crippen molar-refractivity contribution in [2.75, 3.05) is 20.3 Å². The molecule has 0 fully saturated rings. The molecule has 0 aliphatic rings. The molecule has 0 saturated carbocycles. The van der Waals surface area contributed by atoms with Crippen LogP contribution < -0.4 is 5.32 Å². The second-order valence-electron chi connectivity index (χ2n) is 5.23. The van der Waals surface area contributed by atoms with E-state index < -0.39 is 5.54 Å². The molecule has 0 amide bonds. The summed E-state index contributed by atoms with van der Waals surface area (Å²) in [4.78, 5) is 11.8. The van der Waals surface area contributed by atoms with Gasteiger partial charge in [-0.3, -0.25) is 4.79 Å². The van der Waals surface area contributed by atoms with Gasteiger partial charge in [0, 0.05) is 6.61 Å². The Labute approximate surface area is 118 Å². The van der Waals surface area contributed by atoms with Gasteiger partial charge in [-0.25, -0.2) is 0 Å². The fourth-order valence-electron chi connectivity index (χ4n) is 1.97. The highest BCUT2D eigenvalue weighted by Gasteiger charge is 2.32. The molecule has 114 valence electrons. The van der Waals surface area contributed by atoms with Crippen LogP contribution in [0.25, 0.3) is 0 Å². The summed E-state index contributed by atoms with van der Waals surface area (Å²) >= 11 is 0. The predicted molar refractivity (Wildman–Crippen MR) is 78.3 cm³/mol. The molecule has 0 bridgehead atoms. The van der Waals surface area contributed by atoms with E-state index >= 15 is 0 Å². The Balaban J connectivity index is 3.86. The molecule has 0 aromatic heterocycles. The zero-order valence-electron chi connectivity index (χ0n) is 13.3. The lowest BCUT2D eigenvalue weighted by Crippen LogP contribution is -2.48. The molecule has 0 aliphatic heterocycles. The van der Waals surface area contributed by atoms with Crippen LogP contribution in [0, 0.1) is 0 Å². The number of rotatable bonds is 11. The molecule has 0 aliphatic carbocycles. The second kappa shape index (κ2) is 10.2. The van der Waals surface area contributed by atoms with Crippen molar-refractivity contribution in [2.24, 2.45) is 0 Å². The summed E-state index contributed by atoms with van der Waals surface area (Å²) in [7, 11) is 1.80. The Morgan fingerprint density at radius 2 is 2.00 bits per heavy atom. The normalized spacial score (nSPS) is 15.8. The summed E-state index contributed by atoms with van der Waals surface area (Å²) < 4.78 is 10.8. The van der Waals surface area contributed by atoms with Crippen LogP contribution >= 0.6 is 0 Å². The second-order valence-corrected chi connectivity index (χ2v) is 5.23. The minimum atomic E-state index is -0.578. The highest BCUT2D eigenvalue weighted by Crippen LogP contribution is 2.16. The molecule has 19 heavy (non-hydrogen) atoms. The summed E-state index contributed by atoms with van der Waals surface area (Å²) in [5, 5.41) is 3.07. The maximum atomic E-state index is 11.8. The van der Waals surface area contributed by atoms with Crippen molar-refractivity contribution >= 4 is 5.97 Å². The van der Waals surface area contributed by atoms with Crippen molar-refractivity contribution in [1.29, 1.82) is 0 Å². The van der Waals surface area contributed by atoms with Gasteiger partial charge in [-0.1, -0.05) is 13.3 Å². The molecule has 0 radical (unpaired) electrons. The third-order valence-electron chi connectivity index (χ3n) is 3.45. The number of hydrogen-bond acceptors (Lipinski definition) is 4. The number of unbranched alkanes of at least 4 members (excludes halogenated alkanes) is 1. The standard InChI is InChI=1S/C15H31NO3/c1-6-10-13(3)19-12-9-8-11-15(4,16-5)14(17)18-7-2/h13,16H,6-12H2,1-5H3. The van der Waals surface area contributed by atoms with Gasteiger partial charge in [0.05, 0.1) is 12.7 Å². The summed E-state index contributed by atoms with van der Waals surface area (Å²) in [6, 6.07) is 0. The Morgan fingerprint density at radius 3 is 2.53 bits per heavy atom. The molecule has 0 aromatic rings. The maximum absolute atomic E-state index is 11.8. The molecule has 0 saturated heterocycles. The Kier molecular flexibility index (Phi) is 9.88. The van der Waals surface area contributed by atoms with Crippen molar-refractivity contribution in [3.05, 3.63) is 0 Å². The van der Waals surface area contributed by atoms with Crippen molar-refractivity contribution in [2.45, 2.75) is 71.4 Å². The van der Waals surface area contributed by atoms with Crippen LogP contribution in [0.2, 0.25) is 0 Å². The quantitative estimate of drug-likeness (QED) is 0.464. The molecule has 2 atom stereocenters. The zero-order valence-corrected chi connectivity index (χ0v) is 13.3. The summed E-state index contributed by atoms with van der Waals surface area (Å²) in [5.41, 5.74) is -0.578. The Bertz CT molecular complexity index is 246. The largest absolute Gasteiger partial charge is 0.465 e. The van der Waals surface area contributed by atoms with Gasteiger partial charge in [-0.2, -0.15) is 0 Å². The van der Waals surface area contributed by atoms with Crippen LogP contribution in [-0.2, 0) is 14.3 Å². The smallest absolute Gasteiger partial charge is 0.326 e. The van der Waals surface area contributed by atoms with E-state index in [0.29, 0.717) is 12.7 Å². The predicted octanol–water partition coefficient (Wildman–Crippen LogP) is 2.90. The first kappa shape index (κ1) is 18.4. The highest BCUT2D eigenvalue weighted by molar-refractivity contribution is 5.80. The van der Waals surface area contributed by atoms with Gasteiger partial charge in [0.2, 0.25) is 0 Å². The van der Waals surface area contributed by atoms with E-state index in [1.54, 1.807) is 7.05 Å². The van der Waals surface area contributed by atoms with Gasteiger partial charge in [0.1, 0.15) is 5.54 Å². The summed E-state index contributed by atoms with van der Waals surface area (Å²) in [6.07, 6.45) is 5.30. The molecular weight excluding hydrogens is 242 g/mol. The van der Waals surface area contributed by atoms with Crippen LogP contribution in [0.4, 0.5) is 0 Å².